The fourth-order valence-corrected chi connectivity index (χ4v) is 1.55. The second-order valence-electron chi connectivity index (χ2n) is 3.78. The van der Waals surface area contributed by atoms with Crippen LogP contribution >= 0.6 is 12.4 Å². The Morgan fingerprint density at radius 2 is 2.24 bits per heavy atom. The second kappa shape index (κ2) is 5.70. The fraction of sp³-hybridized carbons (Fsp3) is 0.250. The highest BCUT2D eigenvalue weighted by atomic mass is 35.5. The van der Waals surface area contributed by atoms with E-state index in [1.54, 1.807) is 0 Å². The standard InChI is InChI=1S/C12H15N3O.ClH/c1-2-10(13)12(16)15-9-3-4-11-8(7-9)5-6-14-11;/h3-7,10,14H,2,13H2,1H3,(H,15,16);1H/t10-;/m0./s1. The van der Waals surface area contributed by atoms with Crippen LogP contribution < -0.4 is 11.1 Å². The maximum Gasteiger partial charge on any atom is 0.241 e. The van der Waals surface area contributed by atoms with E-state index < -0.39 is 6.04 Å². The Bertz CT molecular complexity index is 509. The average Bonchev–Trinajstić information content (AvgIpc) is 2.75. The molecule has 4 N–H and O–H groups in total. The maximum atomic E-state index is 11.6. The zero-order valence-electron chi connectivity index (χ0n) is 9.57. The van der Waals surface area contributed by atoms with Gasteiger partial charge in [-0.2, -0.15) is 0 Å². The Kier molecular flexibility index (Phi) is 4.54. The number of hydrogen-bond acceptors (Lipinski definition) is 2. The number of aromatic amines is 1. The summed E-state index contributed by atoms with van der Waals surface area (Å²) in [4.78, 5) is 14.7. The number of fused-ring (bicyclic) bond motifs is 1. The molecule has 0 saturated heterocycles. The van der Waals surface area contributed by atoms with Crippen LogP contribution in [0.15, 0.2) is 30.5 Å². The zero-order valence-corrected chi connectivity index (χ0v) is 10.4. The van der Waals surface area contributed by atoms with Crippen LogP contribution in [0.25, 0.3) is 10.9 Å². The summed E-state index contributed by atoms with van der Waals surface area (Å²) in [7, 11) is 0. The van der Waals surface area contributed by atoms with E-state index in [1.807, 2.05) is 37.4 Å². The number of benzene rings is 1. The molecule has 0 aliphatic heterocycles. The van der Waals surface area contributed by atoms with Gasteiger partial charge in [0.2, 0.25) is 5.91 Å². The van der Waals surface area contributed by atoms with Crippen molar-refractivity contribution in [1.29, 1.82) is 0 Å². The number of nitrogens with one attached hydrogen (secondary N) is 2. The number of H-pyrrole nitrogens is 1. The Morgan fingerprint density at radius 3 is 2.94 bits per heavy atom. The van der Waals surface area contributed by atoms with Crippen LogP contribution in [-0.4, -0.2) is 16.9 Å². The van der Waals surface area contributed by atoms with Crippen LogP contribution in [0.3, 0.4) is 0 Å². The molecule has 1 atom stereocenters. The van der Waals surface area contributed by atoms with Crippen LogP contribution in [0.4, 0.5) is 5.69 Å². The number of anilines is 1. The third-order valence-electron chi connectivity index (χ3n) is 2.60. The number of carbonyl (C=O) groups is 1. The molecule has 2 aromatic rings. The molecule has 0 radical (unpaired) electrons. The molecule has 0 bridgehead atoms. The quantitative estimate of drug-likeness (QED) is 0.785. The van der Waals surface area contributed by atoms with Crippen molar-refractivity contribution in [1.82, 2.24) is 4.98 Å². The van der Waals surface area contributed by atoms with Crippen LogP contribution in [0.2, 0.25) is 0 Å². The zero-order chi connectivity index (χ0) is 11.5. The molecule has 1 amide bonds. The number of hydrogen-bond donors (Lipinski definition) is 3. The molecule has 0 fully saturated rings. The van der Waals surface area contributed by atoms with Crippen molar-refractivity contribution in [3.63, 3.8) is 0 Å². The van der Waals surface area contributed by atoms with Gasteiger partial charge >= 0.3 is 0 Å². The van der Waals surface area contributed by atoms with Crippen LogP contribution in [-0.2, 0) is 4.79 Å². The number of amides is 1. The lowest BCUT2D eigenvalue weighted by molar-refractivity contribution is -0.117. The molecule has 17 heavy (non-hydrogen) atoms. The Balaban J connectivity index is 0.00000144. The van der Waals surface area contributed by atoms with Gasteiger partial charge in [0.1, 0.15) is 0 Å². The molecule has 0 aliphatic rings. The van der Waals surface area contributed by atoms with E-state index in [9.17, 15) is 4.79 Å². The lowest BCUT2D eigenvalue weighted by Gasteiger charge is -2.09. The number of carbonyl (C=O) groups excluding carboxylic acids is 1. The largest absolute Gasteiger partial charge is 0.361 e. The molecule has 1 aromatic carbocycles. The average molecular weight is 254 g/mol. The van der Waals surface area contributed by atoms with Crippen molar-refractivity contribution < 1.29 is 4.79 Å². The van der Waals surface area contributed by atoms with Crippen LogP contribution in [0.1, 0.15) is 13.3 Å². The van der Waals surface area contributed by atoms with Gasteiger partial charge < -0.3 is 16.0 Å². The first-order chi connectivity index (χ1) is 7.70. The van der Waals surface area contributed by atoms with Gasteiger partial charge in [-0.3, -0.25) is 4.79 Å². The summed E-state index contributed by atoms with van der Waals surface area (Å²) in [6.07, 6.45) is 2.51. The topological polar surface area (TPSA) is 70.9 Å². The summed E-state index contributed by atoms with van der Waals surface area (Å²) < 4.78 is 0. The Hall–Kier alpha value is -1.52. The molecular weight excluding hydrogens is 238 g/mol. The minimum atomic E-state index is -0.443. The summed E-state index contributed by atoms with van der Waals surface area (Å²) in [5.41, 5.74) is 7.47. The molecule has 0 unspecified atom stereocenters. The molecular formula is C12H16ClN3O. The molecule has 0 spiro atoms. The van der Waals surface area contributed by atoms with Gasteiger partial charge in [-0.05, 0) is 30.7 Å². The highest BCUT2D eigenvalue weighted by molar-refractivity contribution is 5.96. The van der Waals surface area contributed by atoms with E-state index in [0.717, 1.165) is 16.6 Å². The van der Waals surface area contributed by atoms with Gasteiger partial charge in [0, 0.05) is 22.8 Å². The first-order valence-electron chi connectivity index (χ1n) is 5.34. The summed E-state index contributed by atoms with van der Waals surface area (Å²) >= 11 is 0. The summed E-state index contributed by atoms with van der Waals surface area (Å²) in [6.45, 7) is 1.89. The van der Waals surface area contributed by atoms with Gasteiger partial charge in [-0.25, -0.2) is 0 Å². The minimum Gasteiger partial charge on any atom is -0.361 e. The van der Waals surface area contributed by atoms with Gasteiger partial charge in [-0.1, -0.05) is 6.92 Å². The van der Waals surface area contributed by atoms with E-state index in [0.29, 0.717) is 6.42 Å². The fourth-order valence-electron chi connectivity index (χ4n) is 1.55. The van der Waals surface area contributed by atoms with Crippen molar-refractivity contribution >= 4 is 34.9 Å². The number of rotatable bonds is 3. The highest BCUT2D eigenvalue weighted by Crippen LogP contribution is 2.17. The molecule has 1 aromatic heterocycles. The van der Waals surface area contributed by atoms with Crippen molar-refractivity contribution in [3.05, 3.63) is 30.5 Å². The van der Waals surface area contributed by atoms with E-state index in [-0.39, 0.29) is 18.3 Å². The predicted molar refractivity (Wildman–Crippen MR) is 72.4 cm³/mol. The van der Waals surface area contributed by atoms with Crippen LogP contribution in [0, 0.1) is 0 Å². The maximum absolute atomic E-state index is 11.6. The Labute approximate surface area is 106 Å². The Morgan fingerprint density at radius 1 is 1.47 bits per heavy atom. The summed E-state index contributed by atoms with van der Waals surface area (Å²) in [5, 5.41) is 3.87. The lowest BCUT2D eigenvalue weighted by Crippen LogP contribution is -2.34. The highest BCUT2D eigenvalue weighted by Gasteiger charge is 2.10. The van der Waals surface area contributed by atoms with Crippen molar-refractivity contribution in [3.8, 4) is 0 Å². The molecule has 0 aliphatic carbocycles. The van der Waals surface area contributed by atoms with Crippen molar-refractivity contribution in [2.45, 2.75) is 19.4 Å². The summed E-state index contributed by atoms with van der Waals surface area (Å²) in [6, 6.07) is 7.24. The smallest absolute Gasteiger partial charge is 0.241 e. The number of halogens is 1. The van der Waals surface area contributed by atoms with Crippen LogP contribution in [0.5, 0.6) is 0 Å². The molecule has 1 heterocycles. The minimum absolute atomic E-state index is 0. The molecule has 4 nitrogen and oxygen atoms in total. The van der Waals surface area contributed by atoms with Gasteiger partial charge in [0.15, 0.2) is 0 Å². The SMILES string of the molecule is CC[C@H](N)C(=O)Nc1ccc2[nH]ccc2c1.Cl. The van der Waals surface area contributed by atoms with E-state index in [2.05, 4.69) is 10.3 Å². The second-order valence-corrected chi connectivity index (χ2v) is 3.78. The first kappa shape index (κ1) is 13.5. The summed E-state index contributed by atoms with van der Waals surface area (Å²) in [5.74, 6) is -0.141. The molecule has 2 rings (SSSR count). The van der Waals surface area contributed by atoms with Gasteiger partial charge in [-0.15, -0.1) is 12.4 Å². The molecule has 92 valence electrons. The predicted octanol–water partition coefficient (Wildman–Crippen LogP) is 2.27. The van der Waals surface area contributed by atoms with E-state index in [4.69, 9.17) is 5.73 Å². The van der Waals surface area contributed by atoms with E-state index >= 15 is 0 Å². The van der Waals surface area contributed by atoms with Crippen molar-refractivity contribution in [2.24, 2.45) is 5.73 Å². The first-order valence-corrected chi connectivity index (χ1v) is 5.34. The number of nitrogens with two attached hydrogens (primary N) is 1. The van der Waals surface area contributed by atoms with Gasteiger partial charge in [0.25, 0.3) is 0 Å². The molecule has 5 heteroatoms. The van der Waals surface area contributed by atoms with Gasteiger partial charge in [0.05, 0.1) is 6.04 Å². The number of aromatic nitrogens is 1. The lowest BCUT2D eigenvalue weighted by atomic mass is 10.2. The normalized spacial score (nSPS) is 11.9. The monoisotopic (exact) mass is 253 g/mol. The third-order valence-corrected chi connectivity index (χ3v) is 2.60. The van der Waals surface area contributed by atoms with Crippen molar-refractivity contribution in [2.75, 3.05) is 5.32 Å². The van der Waals surface area contributed by atoms with E-state index in [1.165, 1.54) is 0 Å². The molecule has 0 saturated carbocycles. The third kappa shape index (κ3) is 2.99.